The van der Waals surface area contributed by atoms with Crippen molar-refractivity contribution in [1.82, 2.24) is 6.15 Å². The van der Waals surface area contributed by atoms with Crippen LogP contribution in [0.25, 0.3) is 0 Å². The third kappa shape index (κ3) is 1360. The quantitative estimate of drug-likeness (QED) is 0.149. The number of halogens is 1. The Balaban J connectivity index is -0.0000000146. The van der Waals surface area contributed by atoms with Crippen LogP contribution in [0.5, 0.6) is 0 Å². The van der Waals surface area contributed by atoms with Gasteiger partial charge in [-0.15, -0.1) is 12.4 Å². The first-order chi connectivity index (χ1) is 3.73. The molecule has 0 aromatic rings. The first kappa shape index (κ1) is 36.9. The predicted molar refractivity (Wildman–Crippen MR) is 38.9 cm³/mol. The molecular weight excluding hydrogens is 255 g/mol. The van der Waals surface area contributed by atoms with E-state index in [1.165, 1.54) is 0 Å². The summed E-state index contributed by atoms with van der Waals surface area (Å²) in [6.45, 7) is 0. The van der Waals surface area contributed by atoms with Crippen LogP contribution in [0.4, 0.5) is 0 Å². The van der Waals surface area contributed by atoms with Crippen molar-refractivity contribution in [2.45, 2.75) is 0 Å². The normalized spacial score (nSPS) is 6.31. The molecule has 9 nitrogen and oxygen atoms in total. The minimum Gasteiger partial charge on any atom is -0.759 e. The molecular formula is H4ClMgN2NaO7S. The van der Waals surface area contributed by atoms with Gasteiger partial charge in [-0.05, 0) is 0 Å². The molecule has 0 aliphatic rings. The largest absolute Gasteiger partial charge is 2.00 e. The molecule has 3 N–H and O–H groups in total. The van der Waals surface area contributed by atoms with Crippen LogP contribution in [0, 0.1) is 15.3 Å². The van der Waals surface area contributed by atoms with Gasteiger partial charge in [-0.25, -0.2) is 0 Å². The topological polar surface area (TPSA) is 181 Å². The fourth-order valence-electron chi connectivity index (χ4n) is 0. The van der Waals surface area contributed by atoms with Gasteiger partial charge in [0.25, 0.3) is 0 Å². The maximum Gasteiger partial charge on any atom is 2.00 e. The van der Waals surface area contributed by atoms with Crippen LogP contribution in [0.3, 0.4) is 0 Å². The van der Waals surface area contributed by atoms with Crippen molar-refractivity contribution in [1.29, 1.82) is 0 Å². The van der Waals surface area contributed by atoms with Crippen molar-refractivity contribution in [3.05, 3.63) is 15.3 Å². The van der Waals surface area contributed by atoms with E-state index in [9.17, 15) is 0 Å². The number of hydrogen-bond acceptors (Lipinski definition) is 8. The molecule has 0 saturated carbocycles. The average molecular weight is 259 g/mol. The van der Waals surface area contributed by atoms with Crippen LogP contribution in [0.2, 0.25) is 0 Å². The van der Waals surface area contributed by atoms with Crippen LogP contribution in [0.15, 0.2) is 0 Å². The smallest absolute Gasteiger partial charge is 0.759 e. The molecule has 0 radical (unpaired) electrons. The van der Waals surface area contributed by atoms with Crippen molar-refractivity contribution < 1.29 is 52.2 Å². The minimum absolute atomic E-state index is 0. The van der Waals surface area contributed by atoms with E-state index in [-0.39, 0.29) is 71.2 Å². The maximum atomic E-state index is 8.52. The van der Waals surface area contributed by atoms with Crippen molar-refractivity contribution in [3.8, 4) is 0 Å². The molecule has 0 aliphatic heterocycles. The van der Waals surface area contributed by atoms with Crippen LogP contribution >= 0.6 is 12.4 Å². The monoisotopic (exact) mass is 258 g/mol. The second kappa shape index (κ2) is 18.8. The van der Waals surface area contributed by atoms with Gasteiger partial charge < -0.3 is 30.6 Å². The average Bonchev–Trinajstić information content (AvgIpc) is 1.19. The Hall–Kier alpha value is 1.09. The molecule has 0 spiro atoms. The van der Waals surface area contributed by atoms with Crippen LogP contribution in [-0.4, -0.2) is 45.7 Å². The zero-order chi connectivity index (χ0) is 8.08. The molecule has 13 heteroatoms. The first-order valence-electron chi connectivity index (χ1n) is 1.21. The zero-order valence-corrected chi connectivity index (χ0v) is 11.6. The predicted octanol–water partition coefficient (Wildman–Crippen LogP) is -4.37. The van der Waals surface area contributed by atoms with Crippen molar-refractivity contribution in [2.75, 3.05) is 0 Å². The molecule has 0 amide bonds. The molecule has 0 rings (SSSR count). The number of hydrogen-bond donors (Lipinski definition) is 1. The second-order valence-electron chi connectivity index (χ2n) is 0.632. The third-order valence-electron chi connectivity index (χ3n) is 0. The molecule has 0 aromatic heterocycles. The van der Waals surface area contributed by atoms with E-state index in [4.69, 9.17) is 32.8 Å². The standard InChI is InChI=1S/ClH.Mg.NO3.H3N.Na.H2O4S/c;;2-1(3)4;;;1-5(2,3)4/h1H;;;1H3;;(H2,1,2,3,4)/q;+2;-1;;+1;/p-2. The van der Waals surface area contributed by atoms with E-state index in [1.807, 2.05) is 0 Å². The van der Waals surface area contributed by atoms with E-state index < -0.39 is 15.5 Å². The van der Waals surface area contributed by atoms with Crippen molar-refractivity contribution in [3.63, 3.8) is 0 Å². The Morgan fingerprint density at radius 1 is 1.08 bits per heavy atom. The summed E-state index contributed by atoms with van der Waals surface area (Å²) in [5, 5.41) is 14.8. The van der Waals surface area contributed by atoms with E-state index in [0.29, 0.717) is 0 Å². The third-order valence-corrected chi connectivity index (χ3v) is 0. The molecule has 0 aliphatic carbocycles. The number of rotatable bonds is 0. The Kier molecular flexibility index (Phi) is 53.3. The van der Waals surface area contributed by atoms with Crippen LogP contribution < -0.4 is 35.7 Å². The summed E-state index contributed by atoms with van der Waals surface area (Å²) >= 11 is 0. The van der Waals surface area contributed by atoms with E-state index in [0.717, 1.165) is 0 Å². The maximum absolute atomic E-state index is 8.52. The summed E-state index contributed by atoms with van der Waals surface area (Å²) < 4.78 is 34.1. The second-order valence-corrected chi connectivity index (χ2v) is 1.45. The summed E-state index contributed by atoms with van der Waals surface area (Å²) in [6.07, 6.45) is 0. The fraction of sp³-hybridized carbons (Fsp3) is 0. The molecule has 0 atom stereocenters. The van der Waals surface area contributed by atoms with Gasteiger partial charge in [0, 0.05) is 10.4 Å². The van der Waals surface area contributed by atoms with Crippen molar-refractivity contribution >= 4 is 45.9 Å². The van der Waals surface area contributed by atoms with Gasteiger partial charge >= 0.3 is 52.6 Å². The van der Waals surface area contributed by atoms with E-state index in [1.54, 1.807) is 0 Å². The summed E-state index contributed by atoms with van der Waals surface area (Å²) in [4.78, 5) is 8.25. The SMILES string of the molecule is Cl.N.O=S(=O)([O-])[O-].O=[N+]([O-])[O-].[Mg+2].[Na+]. The molecule has 13 heavy (non-hydrogen) atoms. The molecule has 0 aromatic carbocycles. The summed E-state index contributed by atoms with van der Waals surface area (Å²) in [7, 11) is -5.17. The molecule has 0 unspecified atom stereocenters. The van der Waals surface area contributed by atoms with Crippen molar-refractivity contribution in [2.24, 2.45) is 0 Å². The Labute approximate surface area is 118 Å². The first-order valence-corrected chi connectivity index (χ1v) is 2.55. The minimum atomic E-state index is -5.17. The molecule has 0 fully saturated rings. The van der Waals surface area contributed by atoms with Crippen LogP contribution in [0.1, 0.15) is 0 Å². The van der Waals surface area contributed by atoms with Gasteiger partial charge in [0.1, 0.15) is 0 Å². The van der Waals surface area contributed by atoms with Gasteiger partial charge in [-0.1, -0.05) is 0 Å². The van der Waals surface area contributed by atoms with Gasteiger partial charge in [0.2, 0.25) is 0 Å². The van der Waals surface area contributed by atoms with E-state index in [2.05, 4.69) is 0 Å². The number of nitrogens with zero attached hydrogens (tertiary/aromatic N) is 1. The molecule has 72 valence electrons. The molecule has 0 heterocycles. The van der Waals surface area contributed by atoms with E-state index >= 15 is 0 Å². The van der Waals surface area contributed by atoms with Gasteiger partial charge in [-0.2, -0.15) is 0 Å². The summed E-state index contributed by atoms with van der Waals surface area (Å²) in [5.74, 6) is 0. The Morgan fingerprint density at radius 3 is 1.08 bits per heavy atom. The van der Waals surface area contributed by atoms with Gasteiger partial charge in [0.15, 0.2) is 0 Å². The summed E-state index contributed by atoms with van der Waals surface area (Å²) in [5.41, 5.74) is 0. The Bertz CT molecular complexity index is 169. The molecule has 0 saturated heterocycles. The zero-order valence-electron chi connectivity index (χ0n) is 6.54. The van der Waals surface area contributed by atoms with Gasteiger partial charge in [0.05, 0.1) is 5.09 Å². The Morgan fingerprint density at radius 2 is 1.08 bits per heavy atom. The fourth-order valence-corrected chi connectivity index (χ4v) is 0. The molecule has 0 bridgehead atoms. The van der Waals surface area contributed by atoms with Gasteiger partial charge in [-0.3, -0.25) is 8.42 Å². The van der Waals surface area contributed by atoms with Crippen LogP contribution in [-0.2, 0) is 10.4 Å². The summed E-state index contributed by atoms with van der Waals surface area (Å²) in [6, 6.07) is 0.